The monoisotopic (exact) mass is 520 g/mol. The number of amides is 1. The van der Waals surface area contributed by atoms with E-state index in [0.717, 1.165) is 63.3 Å². The number of thiophene rings is 2. The van der Waals surface area contributed by atoms with Crippen molar-refractivity contribution in [2.45, 2.75) is 52.0 Å². The summed E-state index contributed by atoms with van der Waals surface area (Å²) < 4.78 is 0. The molecule has 1 saturated heterocycles. The maximum absolute atomic E-state index is 12.9. The number of aromatic nitrogens is 1. The van der Waals surface area contributed by atoms with Crippen molar-refractivity contribution in [3.63, 3.8) is 0 Å². The first-order valence-electron chi connectivity index (χ1n) is 11.6. The zero-order valence-corrected chi connectivity index (χ0v) is 22.2. The van der Waals surface area contributed by atoms with E-state index in [2.05, 4.69) is 15.1 Å². The number of carbonyl (C=O) groups is 1. The molecule has 5 rings (SSSR count). The van der Waals surface area contributed by atoms with Gasteiger partial charge in [0.15, 0.2) is 5.13 Å². The van der Waals surface area contributed by atoms with Crippen molar-refractivity contribution in [2.24, 2.45) is 0 Å². The van der Waals surface area contributed by atoms with Gasteiger partial charge < -0.3 is 4.90 Å². The highest BCUT2D eigenvalue weighted by molar-refractivity contribution is 7.21. The van der Waals surface area contributed by atoms with Crippen LogP contribution in [0.5, 0.6) is 0 Å². The highest BCUT2D eigenvalue weighted by Gasteiger charge is 2.28. The van der Waals surface area contributed by atoms with Crippen molar-refractivity contribution in [3.8, 4) is 10.6 Å². The molecule has 33 heavy (non-hydrogen) atoms. The Morgan fingerprint density at radius 3 is 2.48 bits per heavy atom. The van der Waals surface area contributed by atoms with Gasteiger partial charge in [-0.25, -0.2) is 4.98 Å². The Hall–Kier alpha value is -1.45. The number of hydrogen-bond donors (Lipinski definition) is 1. The lowest BCUT2D eigenvalue weighted by molar-refractivity contribution is 0.103. The lowest BCUT2D eigenvalue weighted by Gasteiger charge is -2.41. The van der Waals surface area contributed by atoms with Gasteiger partial charge in [-0.1, -0.05) is 42.2 Å². The number of hydrogen-bond acceptors (Lipinski definition) is 7. The SMILES string of the molecule is Cc1cc(C(=O)Nc2nc(-c3cc(Cl)cs3)c(N3CCN(C4CCCCC4)CC3)s2)sc1C. The molecule has 1 amide bonds. The van der Waals surface area contributed by atoms with E-state index < -0.39 is 0 Å². The molecule has 5 nitrogen and oxygen atoms in total. The number of aryl methyl sites for hydroxylation is 2. The van der Waals surface area contributed by atoms with Crippen LogP contribution in [-0.4, -0.2) is 48.0 Å². The molecule has 2 aliphatic rings. The Balaban J connectivity index is 1.35. The van der Waals surface area contributed by atoms with Gasteiger partial charge in [-0.05, 0) is 44.4 Å². The summed E-state index contributed by atoms with van der Waals surface area (Å²) in [6.45, 7) is 8.23. The first-order valence-corrected chi connectivity index (χ1v) is 14.5. The molecular weight excluding hydrogens is 492 g/mol. The second-order valence-electron chi connectivity index (χ2n) is 8.92. The third-order valence-electron chi connectivity index (χ3n) is 6.71. The number of thiazole rings is 1. The molecule has 1 aliphatic carbocycles. The number of anilines is 2. The van der Waals surface area contributed by atoms with E-state index >= 15 is 0 Å². The summed E-state index contributed by atoms with van der Waals surface area (Å²) in [7, 11) is 0. The number of nitrogens with zero attached hydrogens (tertiary/aromatic N) is 3. The minimum atomic E-state index is -0.0885. The lowest BCUT2D eigenvalue weighted by Crippen LogP contribution is -2.50. The average Bonchev–Trinajstić information content (AvgIpc) is 3.53. The Bertz CT molecular complexity index is 1100. The van der Waals surface area contributed by atoms with Crippen molar-refractivity contribution < 1.29 is 4.79 Å². The molecule has 1 saturated carbocycles. The molecule has 176 valence electrons. The molecule has 0 radical (unpaired) electrons. The molecule has 3 aromatic rings. The van der Waals surface area contributed by atoms with Crippen molar-refractivity contribution in [2.75, 3.05) is 36.4 Å². The number of rotatable bonds is 5. The van der Waals surface area contributed by atoms with Crippen LogP contribution in [0.3, 0.4) is 0 Å². The molecule has 0 unspecified atom stereocenters. The molecular formula is C24H29ClN4OS3. The maximum Gasteiger partial charge on any atom is 0.267 e. The van der Waals surface area contributed by atoms with Crippen molar-refractivity contribution >= 4 is 61.7 Å². The normalized spacial score (nSPS) is 18.1. The van der Waals surface area contributed by atoms with Gasteiger partial charge in [0.05, 0.1) is 14.8 Å². The van der Waals surface area contributed by atoms with Crippen LogP contribution in [0.25, 0.3) is 10.6 Å². The predicted octanol–water partition coefficient (Wildman–Crippen LogP) is 6.91. The molecule has 2 fully saturated rings. The van der Waals surface area contributed by atoms with Gasteiger partial charge in [0.25, 0.3) is 5.91 Å². The van der Waals surface area contributed by atoms with Crippen LogP contribution >= 0.6 is 45.6 Å². The van der Waals surface area contributed by atoms with E-state index in [-0.39, 0.29) is 5.91 Å². The molecule has 0 bridgehead atoms. The standard InChI is InChI=1S/C24H29ClN4OS3/c1-15-12-20(32-16(15)2)22(30)27-24-26-21(19-13-17(25)14-31-19)23(33-24)29-10-8-28(9-11-29)18-6-4-3-5-7-18/h12-14,18H,3-11H2,1-2H3,(H,26,27,30). The third kappa shape index (κ3) is 5.15. The lowest BCUT2D eigenvalue weighted by atomic mass is 9.94. The van der Waals surface area contributed by atoms with Gasteiger partial charge in [-0.3, -0.25) is 15.0 Å². The molecule has 3 aromatic heterocycles. The van der Waals surface area contributed by atoms with Crippen molar-refractivity contribution in [3.05, 3.63) is 37.9 Å². The van der Waals surface area contributed by atoms with Gasteiger partial charge >= 0.3 is 0 Å². The number of carbonyl (C=O) groups excluding carboxylic acids is 1. The molecule has 0 spiro atoms. The second kappa shape index (κ2) is 10.0. The topological polar surface area (TPSA) is 48.5 Å². The summed E-state index contributed by atoms with van der Waals surface area (Å²) in [6, 6.07) is 4.68. The number of nitrogens with one attached hydrogen (secondary N) is 1. The van der Waals surface area contributed by atoms with Crippen LogP contribution in [0, 0.1) is 13.8 Å². The Morgan fingerprint density at radius 2 is 1.85 bits per heavy atom. The highest BCUT2D eigenvalue weighted by Crippen LogP contribution is 2.42. The first kappa shape index (κ1) is 23.3. The summed E-state index contributed by atoms with van der Waals surface area (Å²) in [5, 5.41) is 7.49. The van der Waals surface area contributed by atoms with Crippen LogP contribution in [0.15, 0.2) is 17.5 Å². The minimum Gasteiger partial charge on any atom is -0.359 e. The zero-order chi connectivity index (χ0) is 22.9. The fourth-order valence-corrected chi connectivity index (χ4v) is 7.84. The molecule has 1 aliphatic heterocycles. The van der Waals surface area contributed by atoms with Crippen LogP contribution in [0.1, 0.15) is 52.2 Å². The number of halogens is 1. The molecule has 0 atom stereocenters. The maximum atomic E-state index is 12.9. The minimum absolute atomic E-state index is 0.0885. The third-order valence-corrected chi connectivity index (χ3v) is 10.2. The molecule has 9 heteroatoms. The van der Waals surface area contributed by atoms with Crippen LogP contribution in [-0.2, 0) is 0 Å². The van der Waals surface area contributed by atoms with Gasteiger partial charge in [-0.15, -0.1) is 22.7 Å². The van der Waals surface area contributed by atoms with Gasteiger partial charge in [-0.2, -0.15) is 0 Å². The number of piperazine rings is 1. The van der Waals surface area contributed by atoms with E-state index in [1.165, 1.54) is 48.3 Å². The largest absolute Gasteiger partial charge is 0.359 e. The second-order valence-corrected chi connectivity index (χ2v) is 12.5. The Labute approximate surface area is 212 Å². The molecule has 0 aromatic carbocycles. The summed E-state index contributed by atoms with van der Waals surface area (Å²) in [5.41, 5.74) is 2.08. The average molecular weight is 521 g/mol. The van der Waals surface area contributed by atoms with Crippen LogP contribution in [0.4, 0.5) is 10.1 Å². The van der Waals surface area contributed by atoms with Crippen LogP contribution in [0.2, 0.25) is 5.02 Å². The van der Waals surface area contributed by atoms with Crippen molar-refractivity contribution in [1.29, 1.82) is 0 Å². The van der Waals surface area contributed by atoms with E-state index in [4.69, 9.17) is 16.6 Å². The van der Waals surface area contributed by atoms with E-state index in [1.54, 1.807) is 22.7 Å². The fourth-order valence-electron chi connectivity index (χ4n) is 4.76. The van der Waals surface area contributed by atoms with Gasteiger partial charge in [0.2, 0.25) is 0 Å². The summed E-state index contributed by atoms with van der Waals surface area (Å²) in [4.78, 5) is 25.8. The quantitative estimate of drug-likeness (QED) is 0.397. The summed E-state index contributed by atoms with van der Waals surface area (Å²) in [6.07, 6.45) is 6.82. The zero-order valence-electron chi connectivity index (χ0n) is 19.0. The smallest absolute Gasteiger partial charge is 0.267 e. The molecule has 1 N–H and O–H groups in total. The van der Waals surface area contributed by atoms with Crippen molar-refractivity contribution in [1.82, 2.24) is 9.88 Å². The summed E-state index contributed by atoms with van der Waals surface area (Å²) >= 11 is 10.9. The summed E-state index contributed by atoms with van der Waals surface area (Å²) in [5.74, 6) is -0.0885. The van der Waals surface area contributed by atoms with Gasteiger partial charge in [0, 0.05) is 42.5 Å². The Morgan fingerprint density at radius 1 is 1.09 bits per heavy atom. The fraction of sp³-hybridized carbons (Fsp3) is 0.500. The predicted molar refractivity (Wildman–Crippen MR) is 143 cm³/mol. The van der Waals surface area contributed by atoms with E-state index in [1.807, 2.05) is 31.4 Å². The molecule has 4 heterocycles. The Kier molecular flexibility index (Phi) is 7.09. The van der Waals surface area contributed by atoms with Gasteiger partial charge in [0.1, 0.15) is 10.7 Å². The van der Waals surface area contributed by atoms with Crippen LogP contribution < -0.4 is 10.2 Å². The first-order chi connectivity index (χ1) is 16.0. The highest BCUT2D eigenvalue weighted by atomic mass is 35.5. The van der Waals surface area contributed by atoms with E-state index in [9.17, 15) is 4.79 Å². The van der Waals surface area contributed by atoms with E-state index in [0.29, 0.717) is 5.13 Å².